The average molecular weight is 189 g/mol. The van der Waals surface area contributed by atoms with E-state index < -0.39 is 18.0 Å². The fraction of sp³-hybridized carbons (Fsp3) is 0.750. The molecular weight excluding hydrogens is 174 g/mol. The van der Waals surface area contributed by atoms with E-state index >= 15 is 0 Å². The minimum absolute atomic E-state index is 0.0628. The van der Waals surface area contributed by atoms with E-state index in [1.54, 1.807) is 0 Å². The first-order valence-corrected chi connectivity index (χ1v) is 4.04. The Kier molecular flexibility index (Phi) is 5.88. The third kappa shape index (κ3) is 6.10. The highest BCUT2D eigenvalue weighted by molar-refractivity contribution is 5.71. The molecule has 0 amide bonds. The Bertz CT molecular complexity index is 181. The lowest BCUT2D eigenvalue weighted by atomic mass is 10.2. The molecular formula is C8H15NO4. The van der Waals surface area contributed by atoms with Gasteiger partial charge in [0.1, 0.15) is 6.10 Å². The molecule has 76 valence electrons. The van der Waals surface area contributed by atoms with Gasteiger partial charge in [-0.2, -0.15) is 0 Å². The van der Waals surface area contributed by atoms with Crippen molar-refractivity contribution in [1.82, 2.24) is 0 Å². The van der Waals surface area contributed by atoms with Crippen molar-refractivity contribution < 1.29 is 19.1 Å². The highest BCUT2D eigenvalue weighted by atomic mass is 16.6. The van der Waals surface area contributed by atoms with Gasteiger partial charge in [-0.1, -0.05) is 0 Å². The number of hydrogen-bond donors (Lipinski definition) is 1. The van der Waals surface area contributed by atoms with E-state index in [9.17, 15) is 9.59 Å². The lowest BCUT2D eigenvalue weighted by Gasteiger charge is -2.14. The molecule has 0 radical (unpaired) electrons. The summed E-state index contributed by atoms with van der Waals surface area (Å²) in [5.41, 5.74) is 5.28. The van der Waals surface area contributed by atoms with Gasteiger partial charge in [-0.15, -0.1) is 0 Å². The number of nitrogens with two attached hydrogens (primary N) is 1. The average Bonchev–Trinajstić information content (AvgIpc) is 2.03. The first-order valence-electron chi connectivity index (χ1n) is 4.04. The van der Waals surface area contributed by atoms with E-state index in [4.69, 9.17) is 10.5 Å². The van der Waals surface area contributed by atoms with Crippen LogP contribution in [0.5, 0.6) is 0 Å². The van der Waals surface area contributed by atoms with Gasteiger partial charge in [0.2, 0.25) is 0 Å². The minimum atomic E-state index is -0.463. The molecule has 0 aromatic carbocycles. The Morgan fingerprint density at radius 3 is 2.46 bits per heavy atom. The zero-order chi connectivity index (χ0) is 10.3. The van der Waals surface area contributed by atoms with Crippen LogP contribution in [0, 0.1) is 0 Å². The molecule has 0 saturated carbocycles. The fourth-order valence-corrected chi connectivity index (χ4v) is 0.892. The van der Waals surface area contributed by atoms with Gasteiger partial charge >= 0.3 is 11.9 Å². The van der Waals surface area contributed by atoms with E-state index in [0.29, 0.717) is 13.0 Å². The highest BCUT2D eigenvalue weighted by Gasteiger charge is 2.15. The van der Waals surface area contributed by atoms with E-state index in [0.717, 1.165) is 0 Å². The largest absolute Gasteiger partial charge is 0.469 e. The van der Waals surface area contributed by atoms with Crippen molar-refractivity contribution in [2.24, 2.45) is 5.73 Å². The summed E-state index contributed by atoms with van der Waals surface area (Å²) in [6.07, 6.45) is 0.0667. The predicted molar refractivity (Wildman–Crippen MR) is 45.9 cm³/mol. The van der Waals surface area contributed by atoms with Crippen LogP contribution >= 0.6 is 0 Å². The number of hydrogen-bond acceptors (Lipinski definition) is 5. The fourth-order valence-electron chi connectivity index (χ4n) is 0.892. The van der Waals surface area contributed by atoms with Crippen LogP contribution in [-0.4, -0.2) is 31.7 Å². The molecule has 0 bridgehead atoms. The lowest BCUT2D eigenvalue weighted by molar-refractivity contribution is -0.152. The molecule has 5 nitrogen and oxygen atoms in total. The zero-order valence-electron chi connectivity index (χ0n) is 7.91. The van der Waals surface area contributed by atoms with Crippen LogP contribution in [0.3, 0.4) is 0 Å². The van der Waals surface area contributed by atoms with Crippen molar-refractivity contribution in [2.75, 3.05) is 13.7 Å². The normalized spacial score (nSPS) is 11.9. The van der Waals surface area contributed by atoms with Crippen LogP contribution < -0.4 is 5.73 Å². The molecule has 2 N–H and O–H groups in total. The molecule has 0 aromatic heterocycles. The van der Waals surface area contributed by atoms with E-state index in [2.05, 4.69) is 4.74 Å². The number of methoxy groups -OCH3 is 1. The maximum Gasteiger partial charge on any atom is 0.309 e. The van der Waals surface area contributed by atoms with Crippen LogP contribution in [0.2, 0.25) is 0 Å². The second kappa shape index (κ2) is 6.42. The summed E-state index contributed by atoms with van der Waals surface area (Å²) in [7, 11) is 1.29. The van der Waals surface area contributed by atoms with Crippen LogP contribution in [0.1, 0.15) is 19.8 Å². The van der Waals surface area contributed by atoms with Crippen molar-refractivity contribution >= 4 is 11.9 Å². The molecule has 0 heterocycles. The SMILES string of the molecule is COC(=O)CC(CCN)OC(C)=O. The van der Waals surface area contributed by atoms with Crippen molar-refractivity contribution in [3.63, 3.8) is 0 Å². The smallest absolute Gasteiger partial charge is 0.309 e. The summed E-state index contributed by atoms with van der Waals surface area (Å²) in [6, 6.07) is 0. The quantitative estimate of drug-likeness (QED) is 0.607. The number of ether oxygens (including phenoxy) is 2. The summed E-state index contributed by atoms with van der Waals surface area (Å²) >= 11 is 0. The number of carbonyl (C=O) groups excluding carboxylic acids is 2. The van der Waals surface area contributed by atoms with Crippen LogP contribution in [0.25, 0.3) is 0 Å². The van der Waals surface area contributed by atoms with Gasteiger partial charge in [-0.3, -0.25) is 9.59 Å². The van der Waals surface area contributed by atoms with Gasteiger partial charge < -0.3 is 15.2 Å². The topological polar surface area (TPSA) is 78.6 Å². The van der Waals surface area contributed by atoms with Crippen LogP contribution in [-0.2, 0) is 19.1 Å². The minimum Gasteiger partial charge on any atom is -0.469 e. The van der Waals surface area contributed by atoms with E-state index in [1.165, 1.54) is 14.0 Å². The summed E-state index contributed by atoms with van der Waals surface area (Å²) < 4.78 is 9.28. The Morgan fingerprint density at radius 2 is 2.08 bits per heavy atom. The summed E-state index contributed by atoms with van der Waals surface area (Å²) in [5, 5.41) is 0. The number of carbonyl (C=O) groups is 2. The monoisotopic (exact) mass is 189 g/mol. The van der Waals surface area contributed by atoms with Gasteiger partial charge in [0.15, 0.2) is 0 Å². The second-order valence-electron chi connectivity index (χ2n) is 2.59. The number of rotatable bonds is 5. The Balaban J connectivity index is 3.93. The molecule has 13 heavy (non-hydrogen) atoms. The van der Waals surface area contributed by atoms with Crippen molar-refractivity contribution in [2.45, 2.75) is 25.9 Å². The van der Waals surface area contributed by atoms with Gasteiger partial charge in [0.25, 0.3) is 0 Å². The van der Waals surface area contributed by atoms with E-state index in [1.807, 2.05) is 0 Å². The van der Waals surface area contributed by atoms with Crippen molar-refractivity contribution in [3.8, 4) is 0 Å². The second-order valence-corrected chi connectivity index (χ2v) is 2.59. The first-order chi connectivity index (χ1) is 6.10. The van der Waals surface area contributed by atoms with Gasteiger partial charge in [0, 0.05) is 6.92 Å². The standard InChI is InChI=1S/C8H15NO4/c1-6(10)13-7(3-4-9)5-8(11)12-2/h7H,3-5,9H2,1-2H3. The molecule has 0 aliphatic rings. The third-order valence-electron chi connectivity index (χ3n) is 1.44. The van der Waals surface area contributed by atoms with Gasteiger partial charge in [0.05, 0.1) is 13.5 Å². The Labute approximate surface area is 77.2 Å². The Hall–Kier alpha value is -1.10. The van der Waals surface area contributed by atoms with Gasteiger partial charge in [-0.05, 0) is 13.0 Å². The molecule has 0 spiro atoms. The van der Waals surface area contributed by atoms with E-state index in [-0.39, 0.29) is 6.42 Å². The molecule has 0 saturated heterocycles. The highest BCUT2D eigenvalue weighted by Crippen LogP contribution is 2.04. The predicted octanol–water partition coefficient (Wildman–Crippen LogP) is -0.170. The molecule has 0 rings (SSSR count). The molecule has 0 aliphatic carbocycles. The third-order valence-corrected chi connectivity index (χ3v) is 1.44. The first kappa shape index (κ1) is 11.9. The maximum atomic E-state index is 10.8. The summed E-state index contributed by atoms with van der Waals surface area (Å²) in [4.78, 5) is 21.4. The Morgan fingerprint density at radius 1 is 1.46 bits per heavy atom. The van der Waals surface area contributed by atoms with Gasteiger partial charge in [-0.25, -0.2) is 0 Å². The van der Waals surface area contributed by atoms with Crippen molar-refractivity contribution in [1.29, 1.82) is 0 Å². The molecule has 0 aromatic rings. The molecule has 5 heteroatoms. The molecule has 1 atom stereocenters. The molecule has 1 unspecified atom stereocenters. The summed E-state index contributed by atoms with van der Waals surface area (Å²) in [6.45, 7) is 1.66. The van der Waals surface area contributed by atoms with Crippen molar-refractivity contribution in [3.05, 3.63) is 0 Å². The van der Waals surface area contributed by atoms with Crippen LogP contribution in [0.15, 0.2) is 0 Å². The maximum absolute atomic E-state index is 10.8. The zero-order valence-corrected chi connectivity index (χ0v) is 7.91. The summed E-state index contributed by atoms with van der Waals surface area (Å²) in [5.74, 6) is -0.818. The van der Waals surface area contributed by atoms with Crippen LogP contribution in [0.4, 0.5) is 0 Å². The number of esters is 2. The lowest BCUT2D eigenvalue weighted by Crippen LogP contribution is -2.23. The molecule has 0 fully saturated rings. The molecule has 0 aliphatic heterocycles.